The maximum atomic E-state index is 12.4. The maximum Gasteiger partial charge on any atom is 0.317 e. The van der Waals surface area contributed by atoms with E-state index in [-0.39, 0.29) is 12.1 Å². The minimum atomic E-state index is -0.450. The summed E-state index contributed by atoms with van der Waals surface area (Å²) >= 11 is 0. The third-order valence-electron chi connectivity index (χ3n) is 4.41. The number of hydrogen-bond acceptors (Lipinski definition) is 2. The second-order valence-corrected chi connectivity index (χ2v) is 6.41. The molecule has 0 saturated heterocycles. The number of carbonyl (C=O) groups is 2. The number of urea groups is 1. The molecule has 0 bridgehead atoms. The molecule has 0 unspecified atom stereocenters. The predicted molar refractivity (Wildman–Crippen MR) is 91.1 cm³/mol. The van der Waals surface area contributed by atoms with Crippen LogP contribution in [0.4, 0.5) is 4.79 Å². The number of nitrogens with one attached hydrogen (secondary N) is 1. The SMILES string of the molecule is CN(Cc1cccc(C(N)=O)c1)C(=O)NC1CCCCCCC1. The lowest BCUT2D eigenvalue weighted by Crippen LogP contribution is -2.43. The Balaban J connectivity index is 1.88. The smallest absolute Gasteiger partial charge is 0.317 e. The number of nitrogens with zero attached hydrogens (tertiary/aromatic N) is 1. The van der Waals surface area contributed by atoms with Gasteiger partial charge in [-0.1, -0.05) is 44.2 Å². The molecule has 2 rings (SSSR count). The van der Waals surface area contributed by atoms with Gasteiger partial charge in [-0.3, -0.25) is 4.79 Å². The monoisotopic (exact) mass is 317 g/mol. The lowest BCUT2D eigenvalue weighted by Gasteiger charge is -2.25. The molecule has 0 radical (unpaired) electrons. The maximum absolute atomic E-state index is 12.4. The Labute approximate surface area is 138 Å². The van der Waals surface area contributed by atoms with Crippen LogP contribution in [0.1, 0.15) is 60.9 Å². The van der Waals surface area contributed by atoms with Gasteiger partial charge in [0, 0.05) is 25.2 Å². The van der Waals surface area contributed by atoms with Crippen molar-refractivity contribution >= 4 is 11.9 Å². The Morgan fingerprint density at radius 1 is 1.17 bits per heavy atom. The van der Waals surface area contributed by atoms with Gasteiger partial charge >= 0.3 is 6.03 Å². The van der Waals surface area contributed by atoms with Crippen LogP contribution in [0, 0.1) is 0 Å². The fraction of sp³-hybridized carbons (Fsp3) is 0.556. The molecule has 1 aromatic rings. The lowest BCUT2D eigenvalue weighted by molar-refractivity contribution is 0.1000. The van der Waals surface area contributed by atoms with E-state index in [4.69, 9.17) is 5.73 Å². The van der Waals surface area contributed by atoms with Crippen LogP contribution in [-0.4, -0.2) is 29.9 Å². The van der Waals surface area contributed by atoms with E-state index >= 15 is 0 Å². The van der Waals surface area contributed by atoms with Crippen molar-refractivity contribution in [3.8, 4) is 0 Å². The standard InChI is InChI=1S/C18H27N3O2/c1-21(13-14-8-7-9-15(12-14)17(19)22)18(23)20-16-10-5-3-2-4-6-11-16/h7-9,12,16H,2-6,10-11,13H2,1H3,(H2,19,22)(H,20,23). The molecule has 5 nitrogen and oxygen atoms in total. The first-order chi connectivity index (χ1) is 11.1. The molecule has 3 N–H and O–H groups in total. The summed E-state index contributed by atoms with van der Waals surface area (Å²) in [5, 5.41) is 3.14. The molecule has 3 amide bonds. The van der Waals surface area contributed by atoms with E-state index in [0.717, 1.165) is 18.4 Å². The molecule has 126 valence electrons. The molecule has 1 aromatic carbocycles. The van der Waals surface area contributed by atoms with E-state index in [1.165, 1.54) is 32.1 Å². The first-order valence-electron chi connectivity index (χ1n) is 8.46. The van der Waals surface area contributed by atoms with Crippen molar-refractivity contribution < 1.29 is 9.59 Å². The first-order valence-corrected chi connectivity index (χ1v) is 8.46. The molecular formula is C18H27N3O2. The molecule has 1 saturated carbocycles. The van der Waals surface area contributed by atoms with E-state index < -0.39 is 5.91 Å². The van der Waals surface area contributed by atoms with Crippen molar-refractivity contribution in [1.29, 1.82) is 0 Å². The Morgan fingerprint density at radius 2 is 1.83 bits per heavy atom. The summed E-state index contributed by atoms with van der Waals surface area (Å²) in [7, 11) is 1.77. The van der Waals surface area contributed by atoms with Crippen molar-refractivity contribution in [1.82, 2.24) is 10.2 Å². The summed E-state index contributed by atoms with van der Waals surface area (Å²) in [6.45, 7) is 0.458. The molecular weight excluding hydrogens is 290 g/mol. The van der Waals surface area contributed by atoms with Crippen LogP contribution in [0.5, 0.6) is 0 Å². The summed E-state index contributed by atoms with van der Waals surface area (Å²) in [6.07, 6.45) is 8.36. The largest absolute Gasteiger partial charge is 0.366 e. The quantitative estimate of drug-likeness (QED) is 0.895. The van der Waals surface area contributed by atoms with Gasteiger partial charge < -0.3 is 16.0 Å². The van der Waals surface area contributed by atoms with Crippen molar-refractivity contribution in [2.45, 2.75) is 57.5 Å². The third-order valence-corrected chi connectivity index (χ3v) is 4.41. The second kappa shape index (κ2) is 8.56. The van der Waals surface area contributed by atoms with Gasteiger partial charge in [0.05, 0.1) is 0 Å². The normalized spacial score (nSPS) is 16.2. The minimum absolute atomic E-state index is 0.0555. The number of hydrogen-bond donors (Lipinski definition) is 2. The van der Waals surface area contributed by atoms with Gasteiger partial charge in [-0.05, 0) is 30.5 Å². The van der Waals surface area contributed by atoms with Crippen molar-refractivity contribution in [2.75, 3.05) is 7.05 Å². The molecule has 0 atom stereocenters. The average Bonchev–Trinajstić information content (AvgIpc) is 2.50. The molecule has 5 heteroatoms. The molecule has 0 heterocycles. The number of carbonyl (C=O) groups excluding carboxylic acids is 2. The van der Waals surface area contributed by atoms with Gasteiger partial charge in [0.25, 0.3) is 0 Å². The van der Waals surface area contributed by atoms with Gasteiger partial charge in [-0.2, -0.15) is 0 Å². The number of nitrogens with two attached hydrogens (primary N) is 1. The van der Waals surface area contributed by atoms with Crippen LogP contribution >= 0.6 is 0 Å². The Bertz CT molecular complexity index is 537. The highest BCUT2D eigenvalue weighted by atomic mass is 16.2. The van der Waals surface area contributed by atoms with Gasteiger partial charge in [0.15, 0.2) is 0 Å². The second-order valence-electron chi connectivity index (χ2n) is 6.41. The van der Waals surface area contributed by atoms with Crippen LogP contribution < -0.4 is 11.1 Å². The van der Waals surface area contributed by atoms with Gasteiger partial charge in [0.2, 0.25) is 5.91 Å². The summed E-state index contributed by atoms with van der Waals surface area (Å²) < 4.78 is 0. The van der Waals surface area contributed by atoms with E-state index in [2.05, 4.69) is 5.32 Å². The zero-order chi connectivity index (χ0) is 16.7. The van der Waals surface area contributed by atoms with Crippen LogP contribution in [0.3, 0.4) is 0 Å². The zero-order valence-corrected chi connectivity index (χ0v) is 13.9. The average molecular weight is 317 g/mol. The summed E-state index contributed by atoms with van der Waals surface area (Å²) in [4.78, 5) is 25.2. The van der Waals surface area contributed by atoms with E-state index in [1.54, 1.807) is 30.1 Å². The van der Waals surface area contributed by atoms with Gasteiger partial charge in [0.1, 0.15) is 0 Å². The highest BCUT2D eigenvalue weighted by Gasteiger charge is 2.16. The van der Waals surface area contributed by atoms with E-state index in [0.29, 0.717) is 12.1 Å². The van der Waals surface area contributed by atoms with Gasteiger partial charge in [-0.15, -0.1) is 0 Å². The van der Waals surface area contributed by atoms with Crippen molar-refractivity contribution in [2.24, 2.45) is 5.73 Å². The Kier molecular flexibility index (Phi) is 6.44. The summed E-state index contributed by atoms with van der Waals surface area (Å²) in [6, 6.07) is 7.33. The molecule has 0 spiro atoms. The molecule has 1 aliphatic rings. The highest BCUT2D eigenvalue weighted by Crippen LogP contribution is 2.17. The first kappa shape index (κ1) is 17.3. The van der Waals surface area contributed by atoms with Crippen LogP contribution in [0.25, 0.3) is 0 Å². The van der Waals surface area contributed by atoms with Crippen LogP contribution in [-0.2, 0) is 6.54 Å². The lowest BCUT2D eigenvalue weighted by atomic mass is 9.97. The number of primary amides is 1. The molecule has 0 aliphatic heterocycles. The topological polar surface area (TPSA) is 75.4 Å². The fourth-order valence-electron chi connectivity index (χ4n) is 3.05. The van der Waals surface area contributed by atoms with Crippen LogP contribution in [0.2, 0.25) is 0 Å². The number of benzene rings is 1. The molecule has 0 aromatic heterocycles. The highest BCUT2D eigenvalue weighted by molar-refractivity contribution is 5.92. The predicted octanol–water partition coefficient (Wildman–Crippen LogP) is 3.04. The third kappa shape index (κ3) is 5.58. The van der Waals surface area contributed by atoms with Crippen molar-refractivity contribution in [3.63, 3.8) is 0 Å². The minimum Gasteiger partial charge on any atom is -0.366 e. The Hall–Kier alpha value is -2.04. The Morgan fingerprint density at radius 3 is 2.48 bits per heavy atom. The van der Waals surface area contributed by atoms with E-state index in [1.807, 2.05) is 6.07 Å². The fourth-order valence-corrected chi connectivity index (χ4v) is 3.05. The molecule has 1 fully saturated rings. The number of rotatable bonds is 4. The van der Waals surface area contributed by atoms with Gasteiger partial charge in [-0.25, -0.2) is 4.79 Å². The molecule has 23 heavy (non-hydrogen) atoms. The number of amides is 3. The molecule has 1 aliphatic carbocycles. The summed E-state index contributed by atoms with van der Waals surface area (Å²) in [5.74, 6) is -0.450. The zero-order valence-electron chi connectivity index (χ0n) is 13.9. The van der Waals surface area contributed by atoms with Crippen LogP contribution in [0.15, 0.2) is 24.3 Å². The summed E-state index contributed by atoms with van der Waals surface area (Å²) in [5.41, 5.74) is 6.66. The van der Waals surface area contributed by atoms with Crippen molar-refractivity contribution in [3.05, 3.63) is 35.4 Å². The van der Waals surface area contributed by atoms with E-state index in [9.17, 15) is 9.59 Å².